The maximum Gasteiger partial charge on any atom is 0.255 e. The van der Waals surface area contributed by atoms with E-state index in [1.165, 1.54) is 12.8 Å². The molecule has 0 spiro atoms. The van der Waals surface area contributed by atoms with E-state index in [0.717, 1.165) is 24.2 Å². The summed E-state index contributed by atoms with van der Waals surface area (Å²) in [5.41, 5.74) is 1.20. The second kappa shape index (κ2) is 6.57. The Morgan fingerprint density at radius 2 is 2.21 bits per heavy atom. The van der Waals surface area contributed by atoms with Crippen LogP contribution in [-0.4, -0.2) is 37.9 Å². The third-order valence-electron chi connectivity index (χ3n) is 4.76. The van der Waals surface area contributed by atoms with E-state index in [1.54, 1.807) is 6.07 Å². The molecular formula is C19H23NO4. The normalized spacial score (nSPS) is 24.2. The Labute approximate surface area is 141 Å². The van der Waals surface area contributed by atoms with E-state index < -0.39 is 0 Å². The van der Waals surface area contributed by atoms with Crippen LogP contribution in [0.1, 0.15) is 35.4 Å². The predicted molar refractivity (Wildman–Crippen MR) is 90.1 cm³/mol. The van der Waals surface area contributed by atoms with Gasteiger partial charge >= 0.3 is 0 Å². The number of rotatable bonds is 5. The van der Waals surface area contributed by atoms with E-state index in [4.69, 9.17) is 13.9 Å². The van der Waals surface area contributed by atoms with Crippen molar-refractivity contribution < 1.29 is 18.7 Å². The Hall–Kier alpha value is -1.85. The Morgan fingerprint density at radius 1 is 1.33 bits per heavy atom. The molecular weight excluding hydrogens is 306 g/mol. The lowest BCUT2D eigenvalue weighted by Crippen LogP contribution is -2.50. The van der Waals surface area contributed by atoms with Crippen LogP contribution < -0.4 is 5.32 Å². The number of hydrogen-bond donors (Lipinski definition) is 1. The van der Waals surface area contributed by atoms with Crippen LogP contribution in [0, 0.1) is 12.8 Å². The van der Waals surface area contributed by atoms with E-state index in [0.29, 0.717) is 30.3 Å². The second-order valence-corrected chi connectivity index (χ2v) is 6.84. The Morgan fingerprint density at radius 3 is 3.04 bits per heavy atom. The van der Waals surface area contributed by atoms with Gasteiger partial charge in [0.05, 0.1) is 24.3 Å². The van der Waals surface area contributed by atoms with Crippen LogP contribution in [0.2, 0.25) is 0 Å². The third kappa shape index (κ3) is 3.32. The van der Waals surface area contributed by atoms with Crippen LogP contribution in [-0.2, 0) is 9.47 Å². The van der Waals surface area contributed by atoms with Crippen molar-refractivity contribution in [1.29, 1.82) is 0 Å². The van der Waals surface area contributed by atoms with Crippen LogP contribution in [0.3, 0.4) is 0 Å². The number of para-hydroxylation sites is 1. The third-order valence-corrected chi connectivity index (χ3v) is 4.76. The highest BCUT2D eigenvalue weighted by Gasteiger charge is 2.31. The standard InChI is InChI=1S/C19H23NO4/c1-12-9-14-3-2-4-15(18(14)24-12)19(21)20-16-11-22-8-7-17(16)23-10-13-5-6-13/h2-4,9,13,16-17H,5-8,10-11H2,1H3,(H,20,21)/t16-,17+/m1/s1. The number of benzene rings is 1. The molecule has 1 aromatic carbocycles. The minimum absolute atomic E-state index is 0.0286. The van der Waals surface area contributed by atoms with Crippen molar-refractivity contribution in [2.75, 3.05) is 19.8 Å². The summed E-state index contributed by atoms with van der Waals surface area (Å²) in [6, 6.07) is 7.46. The van der Waals surface area contributed by atoms with Gasteiger partial charge in [-0.25, -0.2) is 0 Å². The molecule has 2 aromatic rings. The molecule has 128 valence electrons. The van der Waals surface area contributed by atoms with E-state index in [1.807, 2.05) is 25.1 Å². The average molecular weight is 329 g/mol. The molecule has 1 aliphatic carbocycles. The van der Waals surface area contributed by atoms with Crippen molar-refractivity contribution in [2.24, 2.45) is 5.92 Å². The summed E-state index contributed by atoms with van der Waals surface area (Å²) in [6.07, 6.45) is 3.38. The number of carbonyl (C=O) groups is 1. The molecule has 2 heterocycles. The highest BCUT2D eigenvalue weighted by molar-refractivity contribution is 6.05. The molecule has 2 fully saturated rings. The summed E-state index contributed by atoms with van der Waals surface area (Å²) < 4.78 is 17.3. The van der Waals surface area contributed by atoms with Crippen molar-refractivity contribution in [2.45, 2.75) is 38.3 Å². The Kier molecular flexibility index (Phi) is 4.29. The zero-order valence-electron chi connectivity index (χ0n) is 13.9. The molecule has 0 radical (unpaired) electrons. The topological polar surface area (TPSA) is 60.7 Å². The number of carbonyl (C=O) groups excluding carboxylic acids is 1. The lowest BCUT2D eigenvalue weighted by Gasteiger charge is -2.32. The summed E-state index contributed by atoms with van der Waals surface area (Å²) in [6.45, 7) is 3.87. The lowest BCUT2D eigenvalue weighted by molar-refractivity contribution is -0.0567. The number of furan rings is 1. The predicted octanol–water partition coefficient (Wildman–Crippen LogP) is 3.06. The largest absolute Gasteiger partial charge is 0.461 e. The molecule has 5 nitrogen and oxygen atoms in total. The van der Waals surface area contributed by atoms with Crippen LogP contribution >= 0.6 is 0 Å². The van der Waals surface area contributed by atoms with E-state index in [-0.39, 0.29) is 18.1 Å². The summed E-state index contributed by atoms with van der Waals surface area (Å²) in [5.74, 6) is 1.38. The molecule has 0 bridgehead atoms. The first-order valence-corrected chi connectivity index (χ1v) is 8.70. The Balaban J connectivity index is 1.48. The van der Waals surface area contributed by atoms with Gasteiger partial charge in [-0.1, -0.05) is 12.1 Å². The first-order chi connectivity index (χ1) is 11.7. The van der Waals surface area contributed by atoms with Gasteiger partial charge in [0.2, 0.25) is 0 Å². The number of amides is 1. The van der Waals surface area contributed by atoms with Gasteiger partial charge in [0.25, 0.3) is 5.91 Å². The van der Waals surface area contributed by atoms with Crippen molar-refractivity contribution in [1.82, 2.24) is 5.32 Å². The number of ether oxygens (including phenoxy) is 2. The van der Waals surface area contributed by atoms with Crippen molar-refractivity contribution in [3.63, 3.8) is 0 Å². The zero-order chi connectivity index (χ0) is 16.5. The molecule has 5 heteroatoms. The lowest BCUT2D eigenvalue weighted by atomic mass is 10.1. The van der Waals surface area contributed by atoms with E-state index >= 15 is 0 Å². The SMILES string of the molecule is Cc1cc2cccc(C(=O)N[C@@H]3COCC[C@@H]3OCC3CC3)c2o1. The van der Waals surface area contributed by atoms with Crippen LogP contribution in [0.25, 0.3) is 11.0 Å². The number of nitrogens with one attached hydrogen (secondary N) is 1. The summed E-state index contributed by atoms with van der Waals surface area (Å²) in [4.78, 5) is 12.7. The van der Waals surface area contributed by atoms with Gasteiger partial charge < -0.3 is 19.2 Å². The average Bonchev–Trinajstić information content (AvgIpc) is 3.32. The highest BCUT2D eigenvalue weighted by Crippen LogP contribution is 2.30. The molecule has 1 aliphatic heterocycles. The molecule has 1 amide bonds. The first-order valence-electron chi connectivity index (χ1n) is 8.70. The van der Waals surface area contributed by atoms with Crippen molar-refractivity contribution >= 4 is 16.9 Å². The van der Waals surface area contributed by atoms with Gasteiger partial charge in [0, 0.05) is 18.6 Å². The molecule has 1 N–H and O–H groups in total. The summed E-state index contributed by atoms with van der Waals surface area (Å²) in [7, 11) is 0. The molecule has 0 unspecified atom stereocenters. The second-order valence-electron chi connectivity index (χ2n) is 6.84. The summed E-state index contributed by atoms with van der Waals surface area (Å²) >= 11 is 0. The molecule has 24 heavy (non-hydrogen) atoms. The fraction of sp³-hybridized carbons (Fsp3) is 0.526. The quantitative estimate of drug-likeness (QED) is 0.916. The van der Waals surface area contributed by atoms with E-state index in [2.05, 4.69) is 5.32 Å². The fourth-order valence-electron chi connectivity index (χ4n) is 3.21. The monoisotopic (exact) mass is 329 g/mol. The van der Waals surface area contributed by atoms with Gasteiger partial charge in [-0.15, -0.1) is 0 Å². The van der Waals surface area contributed by atoms with Crippen molar-refractivity contribution in [3.05, 3.63) is 35.6 Å². The van der Waals surface area contributed by atoms with Crippen LogP contribution in [0.5, 0.6) is 0 Å². The van der Waals surface area contributed by atoms with Crippen LogP contribution in [0.4, 0.5) is 0 Å². The van der Waals surface area contributed by atoms with Crippen LogP contribution in [0.15, 0.2) is 28.7 Å². The Bertz CT molecular complexity index is 734. The summed E-state index contributed by atoms with van der Waals surface area (Å²) in [5, 5.41) is 4.03. The molecule has 1 saturated carbocycles. The maximum absolute atomic E-state index is 12.7. The van der Waals surface area contributed by atoms with Gasteiger partial charge in [0.1, 0.15) is 11.3 Å². The molecule has 4 rings (SSSR count). The van der Waals surface area contributed by atoms with Gasteiger partial charge in [-0.3, -0.25) is 4.79 Å². The molecule has 1 aromatic heterocycles. The smallest absolute Gasteiger partial charge is 0.255 e. The number of fused-ring (bicyclic) bond motifs is 1. The van der Waals surface area contributed by atoms with Gasteiger partial charge in [-0.2, -0.15) is 0 Å². The van der Waals surface area contributed by atoms with Gasteiger partial charge in [-0.05, 0) is 44.2 Å². The minimum Gasteiger partial charge on any atom is -0.461 e. The highest BCUT2D eigenvalue weighted by atomic mass is 16.5. The zero-order valence-corrected chi connectivity index (χ0v) is 13.9. The molecule has 1 saturated heterocycles. The molecule has 2 aliphatic rings. The number of hydrogen-bond acceptors (Lipinski definition) is 4. The molecule has 2 atom stereocenters. The maximum atomic E-state index is 12.7. The first kappa shape index (κ1) is 15.7. The van der Waals surface area contributed by atoms with Crippen molar-refractivity contribution in [3.8, 4) is 0 Å². The number of aryl methyl sites for hydroxylation is 1. The fourth-order valence-corrected chi connectivity index (χ4v) is 3.21. The van der Waals surface area contributed by atoms with E-state index in [9.17, 15) is 4.79 Å². The van der Waals surface area contributed by atoms with Gasteiger partial charge in [0.15, 0.2) is 0 Å². The minimum atomic E-state index is -0.134.